The highest BCUT2D eigenvalue weighted by atomic mass is 16.5. The maximum absolute atomic E-state index is 11.9. The van der Waals surface area contributed by atoms with Gasteiger partial charge in [0, 0.05) is 17.4 Å². The molecule has 0 spiro atoms. The van der Waals surface area contributed by atoms with Gasteiger partial charge in [-0.3, -0.25) is 4.79 Å². The summed E-state index contributed by atoms with van der Waals surface area (Å²) in [5.41, 5.74) is 1.83. The maximum atomic E-state index is 11.9. The number of anilines is 1. The van der Waals surface area contributed by atoms with Crippen LogP contribution in [0.25, 0.3) is 0 Å². The van der Waals surface area contributed by atoms with Gasteiger partial charge in [0.05, 0.1) is 12.9 Å². The van der Waals surface area contributed by atoms with Gasteiger partial charge in [-0.15, -0.1) is 0 Å². The van der Waals surface area contributed by atoms with E-state index in [2.05, 4.69) is 15.3 Å². The van der Waals surface area contributed by atoms with E-state index in [0.717, 1.165) is 11.4 Å². The van der Waals surface area contributed by atoms with Gasteiger partial charge in [-0.25, -0.2) is 4.98 Å². The van der Waals surface area contributed by atoms with Crippen molar-refractivity contribution in [2.75, 3.05) is 11.9 Å². The molecule has 1 aromatic heterocycles. The standard InChI is InChI=1S/C13H15N3O2/c1-3-18-11-6-4-5-10(7-11)16-13(17)12-9(2)14-8-15-12/h4-8H,3H2,1-2H3,(H,14,15)(H,16,17). The first kappa shape index (κ1) is 12.2. The number of ether oxygens (including phenoxy) is 1. The Kier molecular flexibility index (Phi) is 3.62. The van der Waals surface area contributed by atoms with E-state index in [4.69, 9.17) is 4.74 Å². The molecule has 2 N–H and O–H groups in total. The summed E-state index contributed by atoms with van der Waals surface area (Å²) < 4.78 is 5.37. The van der Waals surface area contributed by atoms with Crippen LogP contribution in [0.3, 0.4) is 0 Å². The highest BCUT2D eigenvalue weighted by molar-refractivity contribution is 6.03. The molecule has 0 aliphatic carbocycles. The summed E-state index contributed by atoms with van der Waals surface area (Å²) in [6.07, 6.45) is 1.50. The van der Waals surface area contributed by atoms with Crippen LogP contribution in [-0.2, 0) is 0 Å². The first-order valence-electron chi connectivity index (χ1n) is 5.75. The van der Waals surface area contributed by atoms with Gasteiger partial charge in [-0.2, -0.15) is 0 Å². The lowest BCUT2D eigenvalue weighted by atomic mass is 10.2. The number of hydrogen-bond acceptors (Lipinski definition) is 3. The molecular weight excluding hydrogens is 230 g/mol. The maximum Gasteiger partial charge on any atom is 0.276 e. The number of imidazole rings is 1. The number of nitrogens with one attached hydrogen (secondary N) is 2. The number of carbonyl (C=O) groups excluding carboxylic acids is 1. The molecule has 18 heavy (non-hydrogen) atoms. The molecule has 0 fully saturated rings. The Labute approximate surface area is 105 Å². The summed E-state index contributed by atoms with van der Waals surface area (Å²) in [6, 6.07) is 7.27. The third kappa shape index (κ3) is 2.68. The van der Waals surface area contributed by atoms with Crippen molar-refractivity contribution < 1.29 is 9.53 Å². The molecule has 0 saturated carbocycles. The Morgan fingerprint density at radius 3 is 3.00 bits per heavy atom. The minimum absolute atomic E-state index is 0.234. The van der Waals surface area contributed by atoms with Crippen molar-refractivity contribution in [2.24, 2.45) is 0 Å². The number of carbonyl (C=O) groups is 1. The summed E-state index contributed by atoms with van der Waals surface area (Å²) in [5.74, 6) is 0.497. The molecule has 0 aliphatic rings. The second-order valence-electron chi connectivity index (χ2n) is 3.79. The molecule has 0 atom stereocenters. The van der Waals surface area contributed by atoms with E-state index in [1.54, 1.807) is 13.0 Å². The van der Waals surface area contributed by atoms with Gasteiger partial charge < -0.3 is 15.0 Å². The second kappa shape index (κ2) is 5.35. The Bertz CT molecular complexity index is 549. The lowest BCUT2D eigenvalue weighted by Crippen LogP contribution is -2.13. The molecule has 1 aromatic carbocycles. The Hall–Kier alpha value is -2.30. The normalized spacial score (nSPS) is 10.1. The van der Waals surface area contributed by atoms with E-state index >= 15 is 0 Å². The Balaban J connectivity index is 2.12. The lowest BCUT2D eigenvalue weighted by Gasteiger charge is -2.07. The van der Waals surface area contributed by atoms with E-state index in [1.807, 2.05) is 25.1 Å². The molecular formula is C13H15N3O2. The van der Waals surface area contributed by atoms with Crippen LogP contribution in [0.15, 0.2) is 30.6 Å². The fourth-order valence-corrected chi connectivity index (χ4v) is 1.61. The number of aromatic amines is 1. The minimum atomic E-state index is -0.234. The molecule has 0 saturated heterocycles. The van der Waals surface area contributed by atoms with Gasteiger partial charge in [0.25, 0.3) is 5.91 Å². The summed E-state index contributed by atoms with van der Waals surface area (Å²) in [7, 11) is 0. The molecule has 0 radical (unpaired) electrons. The van der Waals surface area contributed by atoms with Gasteiger partial charge in [0.1, 0.15) is 11.4 Å². The predicted molar refractivity (Wildman–Crippen MR) is 68.9 cm³/mol. The largest absolute Gasteiger partial charge is 0.494 e. The summed E-state index contributed by atoms with van der Waals surface area (Å²) in [4.78, 5) is 18.8. The fourth-order valence-electron chi connectivity index (χ4n) is 1.61. The molecule has 2 rings (SSSR count). The third-order valence-electron chi connectivity index (χ3n) is 2.45. The molecule has 1 heterocycles. The number of H-pyrrole nitrogens is 1. The van der Waals surface area contributed by atoms with Crippen LogP contribution in [-0.4, -0.2) is 22.5 Å². The summed E-state index contributed by atoms with van der Waals surface area (Å²) in [5, 5.41) is 2.78. The van der Waals surface area contributed by atoms with Crippen molar-refractivity contribution in [1.82, 2.24) is 9.97 Å². The smallest absolute Gasteiger partial charge is 0.276 e. The van der Waals surface area contributed by atoms with Crippen molar-refractivity contribution in [3.05, 3.63) is 42.0 Å². The van der Waals surface area contributed by atoms with Crippen LogP contribution in [0.4, 0.5) is 5.69 Å². The highest BCUT2D eigenvalue weighted by Crippen LogP contribution is 2.18. The molecule has 5 heteroatoms. The van der Waals surface area contributed by atoms with Gasteiger partial charge >= 0.3 is 0 Å². The lowest BCUT2D eigenvalue weighted by molar-refractivity contribution is 0.102. The number of amides is 1. The number of benzene rings is 1. The van der Waals surface area contributed by atoms with Gasteiger partial charge in [0.15, 0.2) is 0 Å². The van der Waals surface area contributed by atoms with E-state index in [1.165, 1.54) is 6.33 Å². The number of aromatic nitrogens is 2. The van der Waals surface area contributed by atoms with Crippen LogP contribution in [0.2, 0.25) is 0 Å². The van der Waals surface area contributed by atoms with E-state index in [0.29, 0.717) is 18.0 Å². The molecule has 0 unspecified atom stereocenters. The first-order valence-corrected chi connectivity index (χ1v) is 5.75. The van der Waals surface area contributed by atoms with E-state index < -0.39 is 0 Å². The predicted octanol–water partition coefficient (Wildman–Crippen LogP) is 2.37. The van der Waals surface area contributed by atoms with E-state index in [9.17, 15) is 4.79 Å². The zero-order chi connectivity index (χ0) is 13.0. The van der Waals surface area contributed by atoms with Gasteiger partial charge in [0.2, 0.25) is 0 Å². The number of hydrogen-bond donors (Lipinski definition) is 2. The second-order valence-corrected chi connectivity index (χ2v) is 3.79. The number of nitrogens with zero attached hydrogens (tertiary/aromatic N) is 1. The average Bonchev–Trinajstić information content (AvgIpc) is 2.76. The SMILES string of the molecule is CCOc1cccc(NC(=O)c2nc[nH]c2C)c1. The summed E-state index contributed by atoms with van der Waals surface area (Å²) >= 11 is 0. The molecule has 0 aliphatic heterocycles. The molecule has 94 valence electrons. The molecule has 0 bridgehead atoms. The topological polar surface area (TPSA) is 67.0 Å². The first-order chi connectivity index (χ1) is 8.70. The number of aryl methyl sites for hydroxylation is 1. The zero-order valence-electron chi connectivity index (χ0n) is 10.4. The van der Waals surface area contributed by atoms with Crippen LogP contribution < -0.4 is 10.1 Å². The van der Waals surface area contributed by atoms with Crippen molar-refractivity contribution in [2.45, 2.75) is 13.8 Å². The third-order valence-corrected chi connectivity index (χ3v) is 2.45. The van der Waals surface area contributed by atoms with Crippen LogP contribution in [0.1, 0.15) is 23.1 Å². The summed E-state index contributed by atoms with van der Waals surface area (Å²) in [6.45, 7) is 4.31. The molecule has 1 amide bonds. The molecule has 2 aromatic rings. The van der Waals surface area contributed by atoms with Crippen molar-refractivity contribution in [3.63, 3.8) is 0 Å². The molecule has 5 nitrogen and oxygen atoms in total. The zero-order valence-corrected chi connectivity index (χ0v) is 10.4. The number of rotatable bonds is 4. The van der Waals surface area contributed by atoms with Gasteiger partial charge in [-0.05, 0) is 26.0 Å². The highest BCUT2D eigenvalue weighted by Gasteiger charge is 2.11. The van der Waals surface area contributed by atoms with Gasteiger partial charge in [-0.1, -0.05) is 6.07 Å². The Morgan fingerprint density at radius 1 is 1.50 bits per heavy atom. The van der Waals surface area contributed by atoms with Crippen LogP contribution >= 0.6 is 0 Å². The Morgan fingerprint density at radius 2 is 2.33 bits per heavy atom. The average molecular weight is 245 g/mol. The quantitative estimate of drug-likeness (QED) is 0.869. The van der Waals surface area contributed by atoms with Crippen LogP contribution in [0, 0.1) is 6.92 Å². The van der Waals surface area contributed by atoms with Crippen molar-refractivity contribution >= 4 is 11.6 Å². The monoisotopic (exact) mass is 245 g/mol. The van der Waals surface area contributed by atoms with E-state index in [-0.39, 0.29) is 5.91 Å². The van der Waals surface area contributed by atoms with Crippen LogP contribution in [0.5, 0.6) is 5.75 Å². The van der Waals surface area contributed by atoms with Crippen molar-refractivity contribution in [1.29, 1.82) is 0 Å². The fraction of sp³-hybridized carbons (Fsp3) is 0.231. The van der Waals surface area contributed by atoms with Crippen molar-refractivity contribution in [3.8, 4) is 5.75 Å². The minimum Gasteiger partial charge on any atom is -0.494 e.